The van der Waals surface area contributed by atoms with E-state index in [4.69, 9.17) is 5.11 Å². The number of carboxylic acid groups (broad SMARTS) is 1. The van der Waals surface area contributed by atoms with Gasteiger partial charge in [-0.1, -0.05) is 0 Å². The lowest BCUT2D eigenvalue weighted by molar-refractivity contribution is -0.385. The highest BCUT2D eigenvalue weighted by Gasteiger charge is 2.20. The number of benzene rings is 1. The molecule has 2 rings (SSSR count). The topological polar surface area (TPSA) is 92.5 Å². The maximum atomic E-state index is 11.0. The van der Waals surface area contributed by atoms with Crippen molar-refractivity contribution >= 4 is 29.1 Å². The molecule has 0 saturated carbocycles. The molecule has 0 aliphatic carbocycles. The van der Waals surface area contributed by atoms with Crippen LogP contribution in [0.2, 0.25) is 0 Å². The van der Waals surface area contributed by atoms with Crippen molar-refractivity contribution in [3.8, 4) is 0 Å². The number of aromatic carboxylic acids is 1. The van der Waals surface area contributed by atoms with Crippen molar-refractivity contribution in [1.29, 1.82) is 0 Å². The van der Waals surface area contributed by atoms with Crippen LogP contribution in [0, 0.1) is 16.0 Å². The van der Waals surface area contributed by atoms with Crippen molar-refractivity contribution in [3.05, 3.63) is 33.9 Å². The van der Waals surface area contributed by atoms with Crippen LogP contribution in [0.1, 0.15) is 16.8 Å². The summed E-state index contributed by atoms with van der Waals surface area (Å²) in [6.45, 7) is 0.768. The normalized spacial score (nSPS) is 18.2. The molecule has 0 amide bonds. The first kappa shape index (κ1) is 13.7. The Kier molecular flexibility index (Phi) is 4.26. The lowest BCUT2D eigenvalue weighted by atomic mass is 10.1. The van der Waals surface area contributed by atoms with E-state index < -0.39 is 10.9 Å². The molecular weight excluding hydrogens is 268 g/mol. The van der Waals surface area contributed by atoms with Crippen LogP contribution < -0.4 is 5.32 Å². The minimum Gasteiger partial charge on any atom is -0.477 e. The summed E-state index contributed by atoms with van der Waals surface area (Å²) < 4.78 is 0. The predicted molar refractivity (Wildman–Crippen MR) is 74.0 cm³/mol. The number of thioether (sulfide) groups is 1. The summed E-state index contributed by atoms with van der Waals surface area (Å²) >= 11 is 1.91. The van der Waals surface area contributed by atoms with Crippen LogP contribution in [0.4, 0.5) is 11.4 Å². The highest BCUT2D eigenvalue weighted by Crippen LogP contribution is 2.26. The largest absolute Gasteiger partial charge is 0.477 e. The van der Waals surface area contributed by atoms with Crippen LogP contribution in [-0.2, 0) is 0 Å². The highest BCUT2D eigenvalue weighted by molar-refractivity contribution is 7.99. The Morgan fingerprint density at radius 1 is 1.58 bits per heavy atom. The average molecular weight is 282 g/mol. The van der Waals surface area contributed by atoms with Gasteiger partial charge in [0.15, 0.2) is 0 Å². The number of rotatable bonds is 5. The van der Waals surface area contributed by atoms with E-state index in [9.17, 15) is 14.9 Å². The fourth-order valence-electron chi connectivity index (χ4n) is 1.98. The van der Waals surface area contributed by atoms with E-state index in [-0.39, 0.29) is 11.3 Å². The Morgan fingerprint density at radius 2 is 2.37 bits per heavy atom. The van der Waals surface area contributed by atoms with E-state index in [1.165, 1.54) is 12.1 Å². The molecule has 7 heteroatoms. The smallest absolute Gasteiger partial charge is 0.342 e. The molecule has 1 aromatic rings. The van der Waals surface area contributed by atoms with Gasteiger partial charge >= 0.3 is 5.97 Å². The van der Waals surface area contributed by atoms with Gasteiger partial charge in [0.2, 0.25) is 0 Å². The fraction of sp³-hybridized carbons (Fsp3) is 0.417. The second-order valence-electron chi connectivity index (χ2n) is 4.40. The zero-order chi connectivity index (χ0) is 13.8. The summed E-state index contributed by atoms with van der Waals surface area (Å²) in [4.78, 5) is 21.0. The number of carbonyl (C=O) groups is 1. The molecule has 1 aliphatic heterocycles. The van der Waals surface area contributed by atoms with Crippen molar-refractivity contribution in [2.75, 3.05) is 23.4 Å². The summed E-state index contributed by atoms with van der Waals surface area (Å²) in [6.07, 6.45) is 1.15. The van der Waals surface area contributed by atoms with E-state index in [1.54, 1.807) is 6.07 Å². The Bertz CT molecular complexity index is 501. The van der Waals surface area contributed by atoms with Gasteiger partial charge in [0.05, 0.1) is 4.92 Å². The van der Waals surface area contributed by atoms with Gasteiger partial charge in [-0.15, -0.1) is 0 Å². The Balaban J connectivity index is 2.11. The van der Waals surface area contributed by atoms with E-state index >= 15 is 0 Å². The summed E-state index contributed by atoms with van der Waals surface area (Å²) in [5, 5.41) is 22.9. The third-order valence-corrected chi connectivity index (χ3v) is 4.27. The third-order valence-electron chi connectivity index (χ3n) is 3.04. The number of anilines is 1. The summed E-state index contributed by atoms with van der Waals surface area (Å²) in [5.41, 5.74) is -0.0508. The summed E-state index contributed by atoms with van der Waals surface area (Å²) in [5.74, 6) is 1.55. The van der Waals surface area contributed by atoms with Crippen LogP contribution in [0.5, 0.6) is 0 Å². The highest BCUT2D eigenvalue weighted by atomic mass is 32.2. The molecule has 102 valence electrons. The number of nitrogens with one attached hydrogen (secondary N) is 1. The van der Waals surface area contributed by atoms with E-state index in [1.807, 2.05) is 11.8 Å². The molecule has 19 heavy (non-hydrogen) atoms. The van der Waals surface area contributed by atoms with Gasteiger partial charge in [-0.05, 0) is 36.0 Å². The van der Waals surface area contributed by atoms with E-state index in [2.05, 4.69) is 5.32 Å². The number of nitro groups is 1. The van der Waals surface area contributed by atoms with Crippen LogP contribution in [-0.4, -0.2) is 34.0 Å². The maximum absolute atomic E-state index is 11.0. The Hall–Kier alpha value is -1.76. The third kappa shape index (κ3) is 3.37. The summed E-state index contributed by atoms with van der Waals surface area (Å²) in [6, 6.07) is 4.10. The standard InChI is InChI=1S/C12H14N2O4S/c15-12(16)10-5-9(1-2-11(10)14(17)18)13-6-8-3-4-19-7-8/h1-2,5,8,13H,3-4,6-7H2,(H,15,16). The SMILES string of the molecule is O=C(O)c1cc(NCC2CCSC2)ccc1[N+](=O)[O-]. The molecule has 1 aromatic carbocycles. The second kappa shape index (κ2) is 5.92. The van der Waals surface area contributed by atoms with Crippen LogP contribution in [0.15, 0.2) is 18.2 Å². The lowest BCUT2D eigenvalue weighted by Crippen LogP contribution is -2.14. The molecule has 1 heterocycles. The molecule has 2 N–H and O–H groups in total. The van der Waals surface area contributed by atoms with Crippen molar-refractivity contribution in [2.45, 2.75) is 6.42 Å². The van der Waals surface area contributed by atoms with Crippen molar-refractivity contribution in [3.63, 3.8) is 0 Å². The number of hydrogen-bond donors (Lipinski definition) is 2. The lowest BCUT2D eigenvalue weighted by Gasteiger charge is -2.11. The molecule has 6 nitrogen and oxygen atoms in total. The first-order chi connectivity index (χ1) is 9.08. The van der Waals surface area contributed by atoms with Crippen molar-refractivity contribution in [1.82, 2.24) is 0 Å². The van der Waals surface area contributed by atoms with E-state index in [0.717, 1.165) is 24.5 Å². The number of nitro benzene ring substituents is 1. The Labute approximate surface area is 114 Å². The zero-order valence-electron chi connectivity index (χ0n) is 10.2. The molecule has 0 aromatic heterocycles. The minimum absolute atomic E-state index is 0.282. The van der Waals surface area contributed by atoms with Gasteiger partial charge in [0.1, 0.15) is 5.56 Å². The fourth-order valence-corrected chi connectivity index (χ4v) is 3.27. The molecule has 0 bridgehead atoms. The van der Waals surface area contributed by atoms with Gasteiger partial charge in [-0.3, -0.25) is 10.1 Å². The predicted octanol–water partition coefficient (Wildman–Crippen LogP) is 2.46. The first-order valence-electron chi connectivity index (χ1n) is 5.91. The van der Waals surface area contributed by atoms with Gasteiger partial charge < -0.3 is 10.4 Å². The Morgan fingerprint density at radius 3 is 2.95 bits per heavy atom. The first-order valence-corrected chi connectivity index (χ1v) is 7.06. The van der Waals surface area contributed by atoms with Crippen molar-refractivity contribution < 1.29 is 14.8 Å². The molecule has 1 fully saturated rings. The summed E-state index contributed by atoms with van der Waals surface area (Å²) in [7, 11) is 0. The second-order valence-corrected chi connectivity index (χ2v) is 5.55. The molecule has 0 radical (unpaired) electrons. The molecule has 1 unspecified atom stereocenters. The molecule has 0 spiro atoms. The van der Waals surface area contributed by atoms with Gasteiger partial charge in [0.25, 0.3) is 5.69 Å². The molecular formula is C12H14N2O4S. The van der Waals surface area contributed by atoms with Crippen LogP contribution in [0.25, 0.3) is 0 Å². The number of nitrogens with zero attached hydrogens (tertiary/aromatic N) is 1. The maximum Gasteiger partial charge on any atom is 0.342 e. The van der Waals surface area contributed by atoms with Crippen molar-refractivity contribution in [2.24, 2.45) is 5.92 Å². The van der Waals surface area contributed by atoms with Gasteiger partial charge in [-0.25, -0.2) is 4.79 Å². The average Bonchev–Trinajstić information content (AvgIpc) is 2.88. The number of hydrogen-bond acceptors (Lipinski definition) is 5. The quantitative estimate of drug-likeness (QED) is 0.636. The minimum atomic E-state index is -1.29. The zero-order valence-corrected chi connectivity index (χ0v) is 11.0. The monoisotopic (exact) mass is 282 g/mol. The molecule has 1 aliphatic rings. The molecule has 1 saturated heterocycles. The van der Waals surface area contributed by atoms with Gasteiger partial charge in [0, 0.05) is 18.3 Å². The number of carboxylic acids is 1. The van der Waals surface area contributed by atoms with Gasteiger partial charge in [-0.2, -0.15) is 11.8 Å². The van der Waals surface area contributed by atoms with E-state index in [0.29, 0.717) is 11.6 Å². The van der Waals surface area contributed by atoms with Crippen LogP contribution >= 0.6 is 11.8 Å². The van der Waals surface area contributed by atoms with Crippen LogP contribution in [0.3, 0.4) is 0 Å². The molecule has 1 atom stereocenters.